The summed E-state index contributed by atoms with van der Waals surface area (Å²) < 4.78 is 0. The average Bonchev–Trinajstić information content (AvgIpc) is 2.47. The van der Waals surface area contributed by atoms with Gasteiger partial charge in [0.2, 0.25) is 0 Å². The van der Waals surface area contributed by atoms with Crippen LogP contribution in [0.4, 0.5) is 0 Å². The number of aliphatic hydroxyl groups excluding tert-OH is 1. The molecule has 19 heavy (non-hydrogen) atoms. The van der Waals surface area contributed by atoms with Crippen LogP contribution >= 0.6 is 0 Å². The van der Waals surface area contributed by atoms with Crippen molar-refractivity contribution in [2.24, 2.45) is 11.7 Å². The molecule has 1 aliphatic rings. The number of aliphatic hydroxyl groups is 1. The number of amides is 1. The summed E-state index contributed by atoms with van der Waals surface area (Å²) in [4.78, 5) is 14.4. The van der Waals surface area contributed by atoms with Crippen LogP contribution < -0.4 is 5.73 Å². The third kappa shape index (κ3) is 3.33. The second kappa shape index (κ2) is 6.68. The predicted octanol–water partition coefficient (Wildman–Crippen LogP) is 1.03. The Balaban J connectivity index is 2.14. The van der Waals surface area contributed by atoms with Gasteiger partial charge in [0.1, 0.15) is 0 Å². The van der Waals surface area contributed by atoms with E-state index in [1.54, 1.807) is 0 Å². The Morgan fingerprint density at radius 2 is 2.21 bits per heavy atom. The number of carbonyl (C=O) groups is 1. The molecule has 3 N–H and O–H groups in total. The number of carbonyl (C=O) groups excluding carboxylic acids is 1. The van der Waals surface area contributed by atoms with Gasteiger partial charge in [-0.3, -0.25) is 4.79 Å². The first-order valence-corrected chi connectivity index (χ1v) is 6.94. The first-order valence-electron chi connectivity index (χ1n) is 6.94. The minimum Gasteiger partial charge on any atom is -0.396 e. The summed E-state index contributed by atoms with van der Waals surface area (Å²) in [5.41, 5.74) is 7.36. The molecule has 1 aliphatic heterocycles. The lowest BCUT2D eigenvalue weighted by molar-refractivity contribution is 0.0619. The molecule has 0 radical (unpaired) electrons. The van der Waals surface area contributed by atoms with E-state index in [1.165, 1.54) is 0 Å². The maximum Gasteiger partial charge on any atom is 0.254 e. The van der Waals surface area contributed by atoms with E-state index in [-0.39, 0.29) is 18.4 Å². The van der Waals surface area contributed by atoms with E-state index in [9.17, 15) is 9.90 Å². The first-order chi connectivity index (χ1) is 9.26. The number of likely N-dealkylation sites (tertiary alicyclic amines) is 1. The van der Waals surface area contributed by atoms with E-state index < -0.39 is 0 Å². The molecule has 1 amide bonds. The van der Waals surface area contributed by atoms with Crippen molar-refractivity contribution >= 4 is 5.91 Å². The lowest BCUT2D eigenvalue weighted by Crippen LogP contribution is -2.41. The molecule has 0 saturated carbocycles. The van der Waals surface area contributed by atoms with E-state index in [4.69, 9.17) is 5.73 Å². The van der Waals surface area contributed by atoms with Gasteiger partial charge in [-0.2, -0.15) is 0 Å². The van der Waals surface area contributed by atoms with E-state index in [0.717, 1.165) is 36.9 Å². The van der Waals surface area contributed by atoms with Crippen LogP contribution in [0, 0.1) is 5.92 Å². The first kappa shape index (κ1) is 14.0. The van der Waals surface area contributed by atoms with Crippen molar-refractivity contribution < 1.29 is 9.90 Å². The number of benzene rings is 1. The maximum absolute atomic E-state index is 12.6. The van der Waals surface area contributed by atoms with Gasteiger partial charge in [0.05, 0.1) is 0 Å². The summed E-state index contributed by atoms with van der Waals surface area (Å²) in [7, 11) is 0. The molecule has 1 saturated heterocycles. The van der Waals surface area contributed by atoms with Gasteiger partial charge in [-0.05, 0) is 43.4 Å². The average molecular weight is 262 g/mol. The monoisotopic (exact) mass is 262 g/mol. The van der Waals surface area contributed by atoms with Gasteiger partial charge in [0.25, 0.3) is 5.91 Å². The molecule has 0 bridgehead atoms. The van der Waals surface area contributed by atoms with Crippen LogP contribution in [0.1, 0.15) is 28.8 Å². The Bertz CT molecular complexity index is 434. The molecule has 1 fully saturated rings. The van der Waals surface area contributed by atoms with Crippen LogP contribution in [0.25, 0.3) is 0 Å². The van der Waals surface area contributed by atoms with E-state index in [0.29, 0.717) is 13.1 Å². The summed E-state index contributed by atoms with van der Waals surface area (Å²) in [5, 5.41) is 9.25. The quantitative estimate of drug-likeness (QED) is 0.851. The summed E-state index contributed by atoms with van der Waals surface area (Å²) in [5.74, 6) is 0.293. The van der Waals surface area contributed by atoms with Crippen LogP contribution in [0.15, 0.2) is 24.3 Å². The molecule has 1 unspecified atom stereocenters. The fraction of sp³-hybridized carbons (Fsp3) is 0.533. The number of hydrogen-bond donors (Lipinski definition) is 2. The highest BCUT2D eigenvalue weighted by atomic mass is 16.3. The number of hydrogen-bond acceptors (Lipinski definition) is 3. The molecule has 1 aromatic carbocycles. The number of nitrogens with zero attached hydrogens (tertiary/aromatic N) is 1. The summed E-state index contributed by atoms with van der Waals surface area (Å²) in [6.45, 7) is 2.15. The third-order valence-electron chi connectivity index (χ3n) is 3.73. The Labute approximate surface area is 114 Å². The lowest BCUT2D eigenvalue weighted by atomic mass is 9.97. The minimum absolute atomic E-state index is 0.0715. The van der Waals surface area contributed by atoms with Crippen LogP contribution in [0.5, 0.6) is 0 Å². The number of rotatable bonds is 4. The van der Waals surface area contributed by atoms with Gasteiger partial charge in [-0.25, -0.2) is 0 Å². The highest BCUT2D eigenvalue weighted by Crippen LogP contribution is 2.20. The highest BCUT2D eigenvalue weighted by molar-refractivity contribution is 5.95. The molecule has 0 aliphatic carbocycles. The summed E-state index contributed by atoms with van der Waals surface area (Å²) in [6.07, 6.45) is 2.69. The SMILES string of the molecule is NCCc1ccccc1C(=O)N1CCCC(CO)C1. The van der Waals surface area contributed by atoms with Crippen molar-refractivity contribution in [2.75, 3.05) is 26.2 Å². The van der Waals surface area contributed by atoms with E-state index in [1.807, 2.05) is 29.2 Å². The fourth-order valence-corrected chi connectivity index (χ4v) is 2.67. The maximum atomic E-state index is 12.6. The van der Waals surface area contributed by atoms with Crippen molar-refractivity contribution in [3.05, 3.63) is 35.4 Å². The smallest absolute Gasteiger partial charge is 0.254 e. The molecule has 1 heterocycles. The Hall–Kier alpha value is -1.39. The van der Waals surface area contributed by atoms with Gasteiger partial charge >= 0.3 is 0 Å². The molecule has 4 heteroatoms. The molecule has 1 atom stereocenters. The summed E-state index contributed by atoms with van der Waals surface area (Å²) >= 11 is 0. The second-order valence-electron chi connectivity index (χ2n) is 5.14. The van der Waals surface area contributed by atoms with Crippen molar-refractivity contribution in [2.45, 2.75) is 19.3 Å². The molecule has 104 valence electrons. The number of nitrogens with two attached hydrogens (primary N) is 1. The Morgan fingerprint density at radius 3 is 2.95 bits per heavy atom. The van der Waals surface area contributed by atoms with Gasteiger partial charge in [0, 0.05) is 25.3 Å². The van der Waals surface area contributed by atoms with Crippen LogP contribution in [0.2, 0.25) is 0 Å². The standard InChI is InChI=1S/C15H22N2O2/c16-8-7-13-5-1-2-6-14(13)15(19)17-9-3-4-12(10-17)11-18/h1-2,5-6,12,18H,3-4,7-11,16H2. The van der Waals surface area contributed by atoms with E-state index in [2.05, 4.69) is 0 Å². The zero-order valence-corrected chi connectivity index (χ0v) is 11.2. The predicted molar refractivity (Wildman–Crippen MR) is 74.9 cm³/mol. The van der Waals surface area contributed by atoms with Crippen molar-refractivity contribution in [1.82, 2.24) is 4.90 Å². The largest absolute Gasteiger partial charge is 0.396 e. The molecule has 0 aromatic heterocycles. The molecular formula is C15H22N2O2. The molecule has 0 spiro atoms. The highest BCUT2D eigenvalue weighted by Gasteiger charge is 2.24. The topological polar surface area (TPSA) is 66.6 Å². The van der Waals surface area contributed by atoms with E-state index >= 15 is 0 Å². The van der Waals surface area contributed by atoms with Gasteiger partial charge in [-0.15, -0.1) is 0 Å². The molecule has 4 nitrogen and oxygen atoms in total. The normalized spacial score (nSPS) is 19.5. The fourth-order valence-electron chi connectivity index (χ4n) is 2.67. The molecule has 2 rings (SSSR count). The van der Waals surface area contributed by atoms with Crippen LogP contribution in [0.3, 0.4) is 0 Å². The Morgan fingerprint density at radius 1 is 1.42 bits per heavy atom. The van der Waals surface area contributed by atoms with Gasteiger partial charge in [0.15, 0.2) is 0 Å². The van der Waals surface area contributed by atoms with Gasteiger partial charge < -0.3 is 15.7 Å². The van der Waals surface area contributed by atoms with Crippen molar-refractivity contribution in [3.63, 3.8) is 0 Å². The van der Waals surface area contributed by atoms with Gasteiger partial charge in [-0.1, -0.05) is 18.2 Å². The zero-order valence-electron chi connectivity index (χ0n) is 11.2. The third-order valence-corrected chi connectivity index (χ3v) is 3.73. The lowest BCUT2D eigenvalue weighted by Gasteiger charge is -2.32. The molecule has 1 aromatic rings. The van der Waals surface area contributed by atoms with Crippen molar-refractivity contribution in [3.8, 4) is 0 Å². The second-order valence-corrected chi connectivity index (χ2v) is 5.14. The molecular weight excluding hydrogens is 240 g/mol. The minimum atomic E-state index is 0.0715. The van der Waals surface area contributed by atoms with Crippen LogP contribution in [-0.4, -0.2) is 42.2 Å². The zero-order chi connectivity index (χ0) is 13.7. The van der Waals surface area contributed by atoms with Crippen LogP contribution in [-0.2, 0) is 6.42 Å². The Kier molecular flexibility index (Phi) is 4.93. The number of piperidine rings is 1. The summed E-state index contributed by atoms with van der Waals surface area (Å²) in [6, 6.07) is 7.67. The van der Waals surface area contributed by atoms with Crippen molar-refractivity contribution in [1.29, 1.82) is 0 Å².